The number of nitrogens with two attached hydrogens (primary N) is 1. The Kier molecular flexibility index (Phi) is 6.02. The van der Waals surface area contributed by atoms with Gasteiger partial charge in [0.25, 0.3) is 5.91 Å². The van der Waals surface area contributed by atoms with Crippen molar-refractivity contribution in [2.45, 2.75) is 40.7 Å². The van der Waals surface area contributed by atoms with E-state index in [1.807, 2.05) is 26.8 Å². The molecule has 0 fully saturated rings. The van der Waals surface area contributed by atoms with Crippen LogP contribution in [0, 0.1) is 19.8 Å². The van der Waals surface area contributed by atoms with E-state index in [4.69, 9.17) is 10.5 Å². The standard InChI is InChI=1S/C16H26N2O2/c1-6-20-9-15(10(2)3)18-16(19)13-8-14(17)12(5)7-11(13)4/h7-8,10,15H,6,9,17H2,1-5H3,(H,18,19). The zero-order valence-corrected chi connectivity index (χ0v) is 13.1. The number of hydrogen-bond acceptors (Lipinski definition) is 3. The second-order valence-corrected chi connectivity index (χ2v) is 5.51. The van der Waals surface area contributed by atoms with Crippen molar-refractivity contribution in [1.82, 2.24) is 5.32 Å². The van der Waals surface area contributed by atoms with Crippen molar-refractivity contribution in [1.29, 1.82) is 0 Å². The van der Waals surface area contributed by atoms with Crippen LogP contribution >= 0.6 is 0 Å². The lowest BCUT2D eigenvalue weighted by Gasteiger charge is -2.22. The van der Waals surface area contributed by atoms with Crippen LogP contribution in [0.15, 0.2) is 12.1 Å². The van der Waals surface area contributed by atoms with Gasteiger partial charge in [-0.05, 0) is 43.9 Å². The van der Waals surface area contributed by atoms with Crippen molar-refractivity contribution < 1.29 is 9.53 Å². The molecule has 0 saturated carbocycles. The van der Waals surface area contributed by atoms with E-state index in [1.165, 1.54) is 0 Å². The number of ether oxygens (including phenoxy) is 1. The third-order valence-corrected chi connectivity index (χ3v) is 3.48. The summed E-state index contributed by atoms with van der Waals surface area (Å²) >= 11 is 0. The maximum Gasteiger partial charge on any atom is 0.251 e. The number of amides is 1. The highest BCUT2D eigenvalue weighted by molar-refractivity contribution is 5.96. The molecule has 3 N–H and O–H groups in total. The van der Waals surface area contributed by atoms with Crippen LogP contribution in [-0.2, 0) is 4.74 Å². The molecule has 0 aliphatic carbocycles. The molecule has 20 heavy (non-hydrogen) atoms. The zero-order valence-electron chi connectivity index (χ0n) is 13.1. The third-order valence-electron chi connectivity index (χ3n) is 3.48. The number of hydrogen-bond donors (Lipinski definition) is 2. The molecular formula is C16H26N2O2. The Hall–Kier alpha value is -1.55. The minimum absolute atomic E-state index is 0.00405. The summed E-state index contributed by atoms with van der Waals surface area (Å²) in [5.74, 6) is 0.223. The lowest BCUT2D eigenvalue weighted by Crippen LogP contribution is -2.42. The molecule has 0 aromatic heterocycles. The lowest BCUT2D eigenvalue weighted by molar-refractivity contribution is 0.0805. The van der Waals surface area contributed by atoms with Crippen LogP contribution in [0.25, 0.3) is 0 Å². The van der Waals surface area contributed by atoms with E-state index < -0.39 is 0 Å². The van der Waals surface area contributed by atoms with E-state index in [0.29, 0.717) is 30.4 Å². The Bertz CT molecular complexity index is 470. The van der Waals surface area contributed by atoms with Crippen molar-refractivity contribution in [2.24, 2.45) is 5.92 Å². The van der Waals surface area contributed by atoms with Crippen molar-refractivity contribution >= 4 is 11.6 Å². The summed E-state index contributed by atoms with van der Waals surface area (Å²) in [6, 6.07) is 3.69. The molecule has 0 saturated heterocycles. The number of carbonyl (C=O) groups excluding carboxylic acids is 1. The van der Waals surface area contributed by atoms with Crippen LogP contribution in [0.2, 0.25) is 0 Å². The molecule has 112 valence electrons. The number of nitrogens with one attached hydrogen (secondary N) is 1. The van der Waals surface area contributed by atoms with Gasteiger partial charge >= 0.3 is 0 Å². The Morgan fingerprint density at radius 1 is 1.30 bits per heavy atom. The molecule has 0 bridgehead atoms. The van der Waals surface area contributed by atoms with E-state index in [2.05, 4.69) is 19.2 Å². The highest BCUT2D eigenvalue weighted by Gasteiger charge is 2.19. The van der Waals surface area contributed by atoms with E-state index in [0.717, 1.165) is 11.1 Å². The fourth-order valence-electron chi connectivity index (χ4n) is 2.01. The van der Waals surface area contributed by atoms with Gasteiger partial charge in [0.15, 0.2) is 0 Å². The first-order chi connectivity index (χ1) is 9.36. The van der Waals surface area contributed by atoms with Gasteiger partial charge in [-0.2, -0.15) is 0 Å². The Labute approximate surface area is 121 Å². The zero-order chi connectivity index (χ0) is 15.3. The number of carbonyl (C=O) groups is 1. The normalized spacial score (nSPS) is 12.5. The van der Waals surface area contributed by atoms with Gasteiger partial charge in [-0.1, -0.05) is 19.9 Å². The van der Waals surface area contributed by atoms with Crippen molar-refractivity contribution in [3.05, 3.63) is 28.8 Å². The summed E-state index contributed by atoms with van der Waals surface area (Å²) in [6.45, 7) is 11.1. The van der Waals surface area contributed by atoms with Gasteiger partial charge in [-0.3, -0.25) is 4.79 Å². The van der Waals surface area contributed by atoms with Gasteiger partial charge in [0, 0.05) is 17.9 Å². The van der Waals surface area contributed by atoms with Gasteiger partial charge in [0.2, 0.25) is 0 Å². The molecule has 0 spiro atoms. The van der Waals surface area contributed by atoms with Crippen molar-refractivity contribution in [3.63, 3.8) is 0 Å². The maximum absolute atomic E-state index is 12.4. The number of nitrogen functional groups attached to an aromatic ring is 1. The number of aryl methyl sites for hydroxylation is 2. The fourth-order valence-corrected chi connectivity index (χ4v) is 2.01. The topological polar surface area (TPSA) is 64.3 Å². The SMILES string of the molecule is CCOCC(NC(=O)c1cc(N)c(C)cc1C)C(C)C. The quantitative estimate of drug-likeness (QED) is 0.786. The molecule has 4 heteroatoms. The molecule has 0 aliphatic heterocycles. The van der Waals surface area contributed by atoms with Crippen molar-refractivity contribution in [3.8, 4) is 0 Å². The largest absolute Gasteiger partial charge is 0.398 e. The number of rotatable bonds is 6. The molecule has 0 aliphatic rings. The van der Waals surface area contributed by atoms with Gasteiger partial charge in [-0.15, -0.1) is 0 Å². The predicted octanol–water partition coefficient (Wildman–Crippen LogP) is 2.68. The summed E-state index contributed by atoms with van der Waals surface area (Å²) in [7, 11) is 0. The highest BCUT2D eigenvalue weighted by Crippen LogP contribution is 2.18. The van der Waals surface area contributed by atoms with E-state index in [1.54, 1.807) is 6.07 Å². The van der Waals surface area contributed by atoms with Crippen LogP contribution in [0.1, 0.15) is 42.3 Å². The predicted molar refractivity (Wildman–Crippen MR) is 82.9 cm³/mol. The highest BCUT2D eigenvalue weighted by atomic mass is 16.5. The van der Waals surface area contributed by atoms with Gasteiger partial charge in [0.05, 0.1) is 12.6 Å². The van der Waals surface area contributed by atoms with E-state index in [-0.39, 0.29) is 11.9 Å². The van der Waals surface area contributed by atoms with Gasteiger partial charge in [0.1, 0.15) is 0 Å². The van der Waals surface area contributed by atoms with Crippen LogP contribution in [0.3, 0.4) is 0 Å². The van der Waals surface area contributed by atoms with Crippen molar-refractivity contribution in [2.75, 3.05) is 18.9 Å². The Morgan fingerprint density at radius 3 is 2.50 bits per heavy atom. The maximum atomic E-state index is 12.4. The van der Waals surface area contributed by atoms with E-state index in [9.17, 15) is 4.79 Å². The molecule has 1 aromatic rings. The monoisotopic (exact) mass is 278 g/mol. The van der Waals surface area contributed by atoms with Gasteiger partial charge in [-0.25, -0.2) is 0 Å². The number of anilines is 1. The van der Waals surface area contributed by atoms with E-state index >= 15 is 0 Å². The molecular weight excluding hydrogens is 252 g/mol. The molecule has 1 rings (SSSR count). The first-order valence-electron chi connectivity index (χ1n) is 7.12. The van der Waals surface area contributed by atoms with Crippen LogP contribution in [0.5, 0.6) is 0 Å². The second kappa shape index (κ2) is 7.29. The molecule has 0 radical (unpaired) electrons. The molecule has 1 aromatic carbocycles. The first-order valence-corrected chi connectivity index (χ1v) is 7.12. The Morgan fingerprint density at radius 2 is 1.95 bits per heavy atom. The molecule has 0 heterocycles. The summed E-state index contributed by atoms with van der Waals surface area (Å²) in [5, 5.41) is 3.04. The molecule has 1 unspecified atom stereocenters. The Balaban J connectivity index is 2.86. The average Bonchev–Trinajstić information content (AvgIpc) is 2.38. The first kappa shape index (κ1) is 16.5. The van der Waals surface area contributed by atoms with Gasteiger partial charge < -0.3 is 15.8 Å². The fraction of sp³-hybridized carbons (Fsp3) is 0.562. The number of benzene rings is 1. The summed E-state index contributed by atoms with van der Waals surface area (Å²) in [4.78, 5) is 12.4. The second-order valence-electron chi connectivity index (χ2n) is 5.51. The summed E-state index contributed by atoms with van der Waals surface area (Å²) in [5.41, 5.74) is 9.11. The molecule has 4 nitrogen and oxygen atoms in total. The smallest absolute Gasteiger partial charge is 0.251 e. The molecule has 1 atom stereocenters. The minimum atomic E-state index is -0.0902. The summed E-state index contributed by atoms with van der Waals surface area (Å²) < 4.78 is 5.43. The lowest BCUT2D eigenvalue weighted by atomic mass is 10.0. The average molecular weight is 278 g/mol. The minimum Gasteiger partial charge on any atom is -0.398 e. The molecule has 1 amide bonds. The van der Waals surface area contributed by atoms with Crippen LogP contribution in [-0.4, -0.2) is 25.2 Å². The van der Waals surface area contributed by atoms with Crippen LogP contribution < -0.4 is 11.1 Å². The van der Waals surface area contributed by atoms with Crippen LogP contribution in [0.4, 0.5) is 5.69 Å². The summed E-state index contributed by atoms with van der Waals surface area (Å²) in [6.07, 6.45) is 0. The third kappa shape index (κ3) is 4.23.